The van der Waals surface area contributed by atoms with E-state index in [1.54, 1.807) is 0 Å². The standard InChI is InChI=1S/C16H16F3N3O6/c17-7-1-6(2-8(18)13(7)19)9-4-22(21-20-9)14-15(26)10(3-12(24)25)28-11(5-23)16(14)27/h1-2,4,10-11,14-16,23,26-27H,3,5H2,(H,24,25). The minimum absolute atomic E-state index is 0.0842. The largest absolute Gasteiger partial charge is 0.481 e. The highest BCUT2D eigenvalue weighted by Gasteiger charge is 2.46. The number of hydrogen-bond donors (Lipinski definition) is 4. The molecule has 1 aliphatic heterocycles. The van der Waals surface area contributed by atoms with Gasteiger partial charge in [-0.2, -0.15) is 0 Å². The first-order valence-corrected chi connectivity index (χ1v) is 8.14. The van der Waals surface area contributed by atoms with Crippen LogP contribution in [0.15, 0.2) is 18.3 Å². The molecule has 0 radical (unpaired) electrons. The lowest BCUT2D eigenvalue weighted by Gasteiger charge is -2.41. The molecule has 0 saturated carbocycles. The molecule has 0 spiro atoms. The summed E-state index contributed by atoms with van der Waals surface area (Å²) in [5, 5.41) is 46.5. The number of aliphatic carboxylic acids is 1. The Kier molecular flexibility index (Phi) is 5.65. The summed E-state index contributed by atoms with van der Waals surface area (Å²) in [5.41, 5.74) is -0.224. The third kappa shape index (κ3) is 3.71. The second-order valence-electron chi connectivity index (χ2n) is 6.30. The molecule has 1 aliphatic rings. The molecule has 28 heavy (non-hydrogen) atoms. The Morgan fingerprint density at radius 3 is 2.32 bits per heavy atom. The van der Waals surface area contributed by atoms with Crippen molar-refractivity contribution in [1.29, 1.82) is 0 Å². The van der Waals surface area contributed by atoms with Crippen molar-refractivity contribution in [3.05, 3.63) is 35.8 Å². The van der Waals surface area contributed by atoms with Gasteiger partial charge in [0.2, 0.25) is 0 Å². The number of aliphatic hydroxyl groups is 3. The molecule has 2 heterocycles. The average molecular weight is 403 g/mol. The number of aromatic nitrogens is 3. The summed E-state index contributed by atoms with van der Waals surface area (Å²) in [5.74, 6) is -5.78. The number of hydrogen-bond acceptors (Lipinski definition) is 7. The topological polar surface area (TPSA) is 138 Å². The molecule has 0 aliphatic carbocycles. The number of aliphatic hydroxyl groups excluding tert-OH is 3. The summed E-state index contributed by atoms with van der Waals surface area (Å²) in [6.07, 6.45) is -4.94. The van der Waals surface area contributed by atoms with E-state index < -0.39 is 66.9 Å². The quantitative estimate of drug-likeness (QED) is 0.506. The molecule has 0 amide bonds. The Morgan fingerprint density at radius 1 is 1.14 bits per heavy atom. The van der Waals surface area contributed by atoms with Gasteiger partial charge < -0.3 is 25.2 Å². The van der Waals surface area contributed by atoms with Gasteiger partial charge in [0.15, 0.2) is 17.5 Å². The SMILES string of the molecule is O=C(O)CC1OC(CO)C(O)C(n2cc(-c3cc(F)c(F)c(F)c3)nn2)C1O. The van der Waals surface area contributed by atoms with Crippen LogP contribution in [0.4, 0.5) is 13.2 Å². The lowest BCUT2D eigenvalue weighted by Crippen LogP contribution is -2.56. The molecule has 1 aromatic carbocycles. The van der Waals surface area contributed by atoms with E-state index in [-0.39, 0.29) is 11.3 Å². The van der Waals surface area contributed by atoms with Gasteiger partial charge in [0, 0.05) is 5.56 Å². The van der Waals surface area contributed by atoms with Crippen LogP contribution in [0.25, 0.3) is 11.3 Å². The highest BCUT2D eigenvalue weighted by molar-refractivity contribution is 5.67. The number of nitrogens with zero attached hydrogens (tertiary/aromatic N) is 3. The van der Waals surface area contributed by atoms with Crippen LogP contribution in [0.2, 0.25) is 0 Å². The van der Waals surface area contributed by atoms with Crippen molar-refractivity contribution in [1.82, 2.24) is 15.0 Å². The predicted molar refractivity (Wildman–Crippen MR) is 84.4 cm³/mol. The molecule has 4 N–H and O–H groups in total. The van der Waals surface area contributed by atoms with Gasteiger partial charge in [0.1, 0.15) is 30.0 Å². The molecule has 12 heteroatoms. The van der Waals surface area contributed by atoms with Crippen molar-refractivity contribution in [2.24, 2.45) is 0 Å². The van der Waals surface area contributed by atoms with Crippen LogP contribution >= 0.6 is 0 Å². The fraction of sp³-hybridized carbons (Fsp3) is 0.438. The summed E-state index contributed by atoms with van der Waals surface area (Å²) in [6, 6.07) is 0.146. The van der Waals surface area contributed by atoms with Gasteiger partial charge in [0.25, 0.3) is 0 Å². The average Bonchev–Trinajstić information content (AvgIpc) is 3.11. The van der Waals surface area contributed by atoms with Crippen molar-refractivity contribution in [2.45, 2.75) is 36.9 Å². The molecular formula is C16H16F3N3O6. The van der Waals surface area contributed by atoms with E-state index in [0.717, 1.165) is 10.9 Å². The highest BCUT2D eigenvalue weighted by atomic mass is 19.2. The molecule has 3 rings (SSSR count). The Labute approximate surface area is 155 Å². The Balaban J connectivity index is 1.94. The minimum Gasteiger partial charge on any atom is -0.481 e. The molecule has 1 fully saturated rings. The summed E-state index contributed by atoms with van der Waals surface area (Å²) in [7, 11) is 0. The zero-order valence-corrected chi connectivity index (χ0v) is 14.1. The first kappa shape index (κ1) is 20.2. The van der Waals surface area contributed by atoms with Crippen LogP contribution < -0.4 is 0 Å². The van der Waals surface area contributed by atoms with Crippen molar-refractivity contribution in [3.8, 4) is 11.3 Å². The molecule has 9 nitrogen and oxygen atoms in total. The van der Waals surface area contributed by atoms with Crippen LogP contribution in [0, 0.1) is 17.5 Å². The number of ether oxygens (including phenoxy) is 1. The normalized spacial score (nSPS) is 27.7. The number of carbonyl (C=O) groups is 1. The van der Waals surface area contributed by atoms with Gasteiger partial charge in [-0.25, -0.2) is 17.9 Å². The van der Waals surface area contributed by atoms with Crippen molar-refractivity contribution < 1.29 is 43.1 Å². The fourth-order valence-corrected chi connectivity index (χ4v) is 3.09. The number of halogens is 3. The van der Waals surface area contributed by atoms with E-state index in [2.05, 4.69) is 10.3 Å². The Hall–Kier alpha value is -2.54. The summed E-state index contributed by atoms with van der Waals surface area (Å²) >= 11 is 0. The smallest absolute Gasteiger partial charge is 0.306 e. The van der Waals surface area contributed by atoms with Gasteiger partial charge >= 0.3 is 5.97 Å². The second-order valence-corrected chi connectivity index (χ2v) is 6.30. The monoisotopic (exact) mass is 403 g/mol. The van der Waals surface area contributed by atoms with Gasteiger partial charge in [-0.15, -0.1) is 5.10 Å². The summed E-state index contributed by atoms with van der Waals surface area (Å²) in [4.78, 5) is 11.0. The number of carboxylic acids is 1. The molecule has 5 atom stereocenters. The van der Waals surface area contributed by atoms with Crippen LogP contribution in [0.5, 0.6) is 0 Å². The Bertz CT molecular complexity index is 856. The van der Waals surface area contributed by atoms with E-state index in [0.29, 0.717) is 12.1 Å². The van der Waals surface area contributed by atoms with Crippen LogP contribution in [0.1, 0.15) is 12.5 Å². The number of rotatable bonds is 5. The lowest BCUT2D eigenvalue weighted by atomic mass is 9.91. The lowest BCUT2D eigenvalue weighted by molar-refractivity contribution is -0.209. The first-order chi connectivity index (χ1) is 13.2. The van der Waals surface area contributed by atoms with Crippen molar-refractivity contribution in [3.63, 3.8) is 0 Å². The molecule has 5 unspecified atom stereocenters. The van der Waals surface area contributed by atoms with Gasteiger partial charge in [-0.05, 0) is 12.1 Å². The maximum absolute atomic E-state index is 13.4. The number of benzene rings is 1. The molecule has 1 saturated heterocycles. The second kappa shape index (κ2) is 7.83. The zero-order valence-electron chi connectivity index (χ0n) is 14.1. The highest BCUT2D eigenvalue weighted by Crippen LogP contribution is 2.32. The van der Waals surface area contributed by atoms with Gasteiger partial charge in [-0.3, -0.25) is 4.79 Å². The minimum atomic E-state index is -1.64. The van der Waals surface area contributed by atoms with E-state index in [4.69, 9.17) is 9.84 Å². The van der Waals surface area contributed by atoms with E-state index in [1.165, 1.54) is 0 Å². The maximum Gasteiger partial charge on any atom is 0.306 e. The number of carboxylic acid groups (broad SMARTS) is 1. The maximum atomic E-state index is 13.4. The molecule has 152 valence electrons. The molecule has 2 aromatic rings. The van der Waals surface area contributed by atoms with Gasteiger partial charge in [0.05, 0.1) is 25.3 Å². The van der Waals surface area contributed by atoms with Gasteiger partial charge in [-0.1, -0.05) is 5.21 Å². The third-order valence-corrected chi connectivity index (χ3v) is 4.46. The third-order valence-electron chi connectivity index (χ3n) is 4.46. The van der Waals surface area contributed by atoms with E-state index in [1.807, 2.05) is 0 Å². The zero-order chi connectivity index (χ0) is 20.6. The van der Waals surface area contributed by atoms with E-state index >= 15 is 0 Å². The van der Waals surface area contributed by atoms with Crippen LogP contribution in [-0.2, 0) is 9.53 Å². The Morgan fingerprint density at radius 2 is 1.75 bits per heavy atom. The molecule has 1 aromatic heterocycles. The van der Waals surface area contributed by atoms with Crippen molar-refractivity contribution in [2.75, 3.05) is 6.61 Å². The molecular weight excluding hydrogens is 387 g/mol. The first-order valence-electron chi connectivity index (χ1n) is 8.14. The van der Waals surface area contributed by atoms with Crippen LogP contribution in [0.3, 0.4) is 0 Å². The summed E-state index contributed by atoms with van der Waals surface area (Å²) < 4.78 is 46.2. The predicted octanol–water partition coefficient (Wildman–Crippen LogP) is -0.140. The summed E-state index contributed by atoms with van der Waals surface area (Å²) in [6.45, 7) is -0.656. The fourth-order valence-electron chi connectivity index (χ4n) is 3.09. The van der Waals surface area contributed by atoms with Crippen molar-refractivity contribution >= 4 is 5.97 Å². The van der Waals surface area contributed by atoms with E-state index in [9.17, 15) is 33.3 Å². The molecule has 0 bridgehead atoms. The van der Waals surface area contributed by atoms with Crippen LogP contribution in [-0.4, -0.2) is 72.4 Å².